The molecular weight excluding hydrogens is 389 g/mol. The van der Waals surface area contributed by atoms with Gasteiger partial charge in [-0.15, -0.1) is 0 Å². The van der Waals surface area contributed by atoms with Crippen molar-refractivity contribution >= 4 is 63.7 Å². The first-order valence-electron chi connectivity index (χ1n) is 6.78. The molecule has 2 N–H and O–H groups in total. The fourth-order valence-corrected chi connectivity index (χ4v) is 3.51. The summed E-state index contributed by atoms with van der Waals surface area (Å²) >= 11 is 19.3. The van der Waals surface area contributed by atoms with E-state index in [4.69, 9.17) is 34.8 Å². The molecule has 0 saturated heterocycles. The number of hydrogen-bond acceptors (Lipinski definition) is 3. The highest BCUT2D eigenvalue weighted by molar-refractivity contribution is 7.11. The average Bonchev–Trinajstić information content (AvgIpc) is 2.91. The lowest BCUT2D eigenvalue weighted by atomic mass is 10.2. The Morgan fingerprint density at radius 1 is 0.958 bits per heavy atom. The van der Waals surface area contributed by atoms with E-state index >= 15 is 0 Å². The molecule has 0 atom stereocenters. The SMILES string of the molecule is O=C(Nc1ccc(Cl)cc1)Nc1c(Cl)nsc1-c1ccccc1Cl. The molecule has 0 saturated carbocycles. The van der Waals surface area contributed by atoms with Gasteiger partial charge in [0.15, 0.2) is 5.15 Å². The molecule has 2 aromatic carbocycles. The van der Waals surface area contributed by atoms with Crippen molar-refractivity contribution in [1.29, 1.82) is 0 Å². The van der Waals surface area contributed by atoms with Crippen molar-refractivity contribution in [1.82, 2.24) is 4.37 Å². The van der Waals surface area contributed by atoms with Gasteiger partial charge in [0.25, 0.3) is 0 Å². The first-order valence-corrected chi connectivity index (χ1v) is 8.69. The summed E-state index contributed by atoms with van der Waals surface area (Å²) in [6, 6.07) is 13.6. The van der Waals surface area contributed by atoms with Crippen molar-refractivity contribution in [2.75, 3.05) is 10.6 Å². The summed E-state index contributed by atoms with van der Waals surface area (Å²) in [6.45, 7) is 0. The molecule has 3 rings (SSSR count). The minimum Gasteiger partial charge on any atom is -0.308 e. The Hall–Kier alpha value is -1.79. The molecule has 0 aliphatic rings. The van der Waals surface area contributed by atoms with Crippen molar-refractivity contribution < 1.29 is 4.79 Å². The third-order valence-electron chi connectivity index (χ3n) is 3.11. The van der Waals surface area contributed by atoms with Gasteiger partial charge < -0.3 is 10.6 Å². The van der Waals surface area contributed by atoms with Crippen LogP contribution in [0.4, 0.5) is 16.2 Å². The van der Waals surface area contributed by atoms with Gasteiger partial charge in [0.05, 0.1) is 4.88 Å². The van der Waals surface area contributed by atoms with Gasteiger partial charge in [0, 0.05) is 21.3 Å². The van der Waals surface area contributed by atoms with Gasteiger partial charge in [0.1, 0.15) is 5.69 Å². The molecule has 0 fully saturated rings. The third kappa shape index (κ3) is 3.82. The second kappa shape index (κ2) is 7.40. The number of nitrogens with one attached hydrogen (secondary N) is 2. The standard InChI is InChI=1S/C16H10Cl3N3OS/c17-9-5-7-10(8-6-9)20-16(23)21-13-14(24-22-15(13)19)11-3-1-2-4-12(11)18/h1-8H,(H2,20,21,23). The van der Waals surface area contributed by atoms with Crippen LogP contribution in [0.2, 0.25) is 15.2 Å². The number of nitrogens with zero attached hydrogens (tertiary/aromatic N) is 1. The normalized spacial score (nSPS) is 10.5. The van der Waals surface area contributed by atoms with Gasteiger partial charge in [-0.2, -0.15) is 4.37 Å². The number of anilines is 2. The average molecular weight is 399 g/mol. The van der Waals surface area contributed by atoms with E-state index in [1.807, 2.05) is 18.2 Å². The summed E-state index contributed by atoms with van der Waals surface area (Å²) in [7, 11) is 0. The van der Waals surface area contributed by atoms with Crippen molar-refractivity contribution in [3.05, 3.63) is 63.7 Å². The van der Waals surface area contributed by atoms with Crippen molar-refractivity contribution in [2.24, 2.45) is 0 Å². The maximum Gasteiger partial charge on any atom is 0.323 e. The summed E-state index contributed by atoms with van der Waals surface area (Å²) in [5.74, 6) is 0. The predicted molar refractivity (Wildman–Crippen MR) is 102 cm³/mol. The molecule has 0 radical (unpaired) electrons. The van der Waals surface area contributed by atoms with E-state index in [-0.39, 0.29) is 5.15 Å². The number of urea groups is 1. The van der Waals surface area contributed by atoms with Crippen LogP contribution in [-0.2, 0) is 0 Å². The molecule has 0 bridgehead atoms. The molecular formula is C16H10Cl3N3OS. The summed E-state index contributed by atoms with van der Waals surface area (Å²) < 4.78 is 4.09. The van der Waals surface area contributed by atoms with Gasteiger partial charge in [-0.05, 0) is 41.9 Å². The third-order valence-corrected chi connectivity index (χ3v) is 4.95. The van der Waals surface area contributed by atoms with E-state index in [2.05, 4.69) is 15.0 Å². The van der Waals surface area contributed by atoms with Crippen LogP contribution in [-0.4, -0.2) is 10.4 Å². The summed E-state index contributed by atoms with van der Waals surface area (Å²) in [4.78, 5) is 12.9. The van der Waals surface area contributed by atoms with Gasteiger partial charge in [-0.3, -0.25) is 0 Å². The molecule has 1 heterocycles. The maximum absolute atomic E-state index is 12.2. The number of amides is 2. The largest absolute Gasteiger partial charge is 0.323 e. The zero-order valence-corrected chi connectivity index (χ0v) is 15.1. The quantitative estimate of drug-likeness (QED) is 0.535. The van der Waals surface area contributed by atoms with Crippen molar-refractivity contribution in [2.45, 2.75) is 0 Å². The molecule has 0 unspecified atom stereocenters. The molecule has 0 spiro atoms. The fraction of sp³-hybridized carbons (Fsp3) is 0. The fourth-order valence-electron chi connectivity index (χ4n) is 2.02. The zero-order chi connectivity index (χ0) is 17.1. The van der Waals surface area contributed by atoms with Crippen LogP contribution in [0.3, 0.4) is 0 Å². The lowest BCUT2D eigenvalue weighted by molar-refractivity contribution is 0.262. The van der Waals surface area contributed by atoms with Gasteiger partial charge in [-0.25, -0.2) is 4.79 Å². The molecule has 8 heteroatoms. The molecule has 24 heavy (non-hydrogen) atoms. The molecule has 4 nitrogen and oxygen atoms in total. The Balaban J connectivity index is 1.83. The number of hydrogen-bond donors (Lipinski definition) is 2. The van der Waals surface area contributed by atoms with Crippen LogP contribution in [0.15, 0.2) is 48.5 Å². The lowest BCUT2D eigenvalue weighted by Crippen LogP contribution is -2.19. The minimum atomic E-state index is -0.437. The first-order chi connectivity index (χ1) is 11.5. The van der Waals surface area contributed by atoms with E-state index in [1.165, 1.54) is 11.5 Å². The number of benzene rings is 2. The first kappa shape index (κ1) is 17.0. The van der Waals surface area contributed by atoms with E-state index in [0.717, 1.165) is 5.56 Å². The second-order valence-corrected chi connectivity index (χ2v) is 6.72. The van der Waals surface area contributed by atoms with Crippen LogP contribution < -0.4 is 10.6 Å². The van der Waals surface area contributed by atoms with E-state index < -0.39 is 6.03 Å². The minimum absolute atomic E-state index is 0.209. The Morgan fingerprint density at radius 2 is 1.67 bits per heavy atom. The highest BCUT2D eigenvalue weighted by Crippen LogP contribution is 2.40. The van der Waals surface area contributed by atoms with E-state index in [9.17, 15) is 4.79 Å². The lowest BCUT2D eigenvalue weighted by Gasteiger charge is -2.09. The monoisotopic (exact) mass is 397 g/mol. The van der Waals surface area contributed by atoms with Gasteiger partial charge in [-0.1, -0.05) is 53.0 Å². The number of halogens is 3. The van der Waals surface area contributed by atoms with Crippen LogP contribution in [0.1, 0.15) is 0 Å². The second-order valence-electron chi connectivity index (χ2n) is 4.74. The summed E-state index contributed by atoms with van der Waals surface area (Å²) in [5, 5.41) is 6.78. The van der Waals surface area contributed by atoms with Crippen LogP contribution in [0.25, 0.3) is 10.4 Å². The number of aromatic nitrogens is 1. The molecule has 0 aliphatic heterocycles. The molecule has 3 aromatic rings. The highest BCUT2D eigenvalue weighted by atomic mass is 35.5. The predicted octanol–water partition coefficient (Wildman–Crippen LogP) is 6.41. The molecule has 2 amide bonds. The van der Waals surface area contributed by atoms with E-state index in [1.54, 1.807) is 30.3 Å². The summed E-state index contributed by atoms with van der Waals surface area (Å²) in [5.41, 5.74) is 1.78. The Morgan fingerprint density at radius 3 is 2.38 bits per heavy atom. The number of carbonyl (C=O) groups excluding carboxylic acids is 1. The van der Waals surface area contributed by atoms with E-state index in [0.29, 0.717) is 26.3 Å². The molecule has 0 aliphatic carbocycles. The smallest absolute Gasteiger partial charge is 0.308 e. The molecule has 1 aromatic heterocycles. The van der Waals surface area contributed by atoms with Crippen LogP contribution in [0, 0.1) is 0 Å². The Labute approximate surface area is 157 Å². The van der Waals surface area contributed by atoms with Gasteiger partial charge in [0.2, 0.25) is 0 Å². The van der Waals surface area contributed by atoms with Gasteiger partial charge >= 0.3 is 6.03 Å². The maximum atomic E-state index is 12.2. The van der Waals surface area contributed by atoms with Crippen LogP contribution in [0.5, 0.6) is 0 Å². The Bertz CT molecular complexity index is 881. The number of carbonyl (C=O) groups is 1. The summed E-state index contributed by atoms with van der Waals surface area (Å²) in [6.07, 6.45) is 0. The van der Waals surface area contributed by atoms with Crippen molar-refractivity contribution in [3.63, 3.8) is 0 Å². The highest BCUT2D eigenvalue weighted by Gasteiger charge is 2.18. The molecule has 122 valence electrons. The topological polar surface area (TPSA) is 54.0 Å². The zero-order valence-electron chi connectivity index (χ0n) is 12.0. The van der Waals surface area contributed by atoms with Crippen LogP contribution >= 0.6 is 46.3 Å². The number of rotatable bonds is 3. The Kier molecular flexibility index (Phi) is 5.26. The van der Waals surface area contributed by atoms with Crippen molar-refractivity contribution in [3.8, 4) is 10.4 Å².